The number of halogens is 2. The summed E-state index contributed by atoms with van der Waals surface area (Å²) >= 11 is 14.4. The summed E-state index contributed by atoms with van der Waals surface area (Å²) in [7, 11) is 0. The van der Waals surface area contributed by atoms with E-state index in [1.807, 2.05) is 13.0 Å². The molecule has 1 N–H and O–H groups in total. The third-order valence-corrected chi connectivity index (χ3v) is 6.36. The molecule has 1 aliphatic carbocycles. The van der Waals surface area contributed by atoms with Crippen molar-refractivity contribution in [2.75, 3.05) is 0 Å². The highest BCUT2D eigenvalue weighted by Gasteiger charge is 2.27. The lowest BCUT2D eigenvalue weighted by Gasteiger charge is -2.17. The number of pyridine rings is 1. The van der Waals surface area contributed by atoms with E-state index >= 15 is 0 Å². The minimum absolute atomic E-state index is 0.0860. The molecule has 2 heterocycles. The van der Waals surface area contributed by atoms with E-state index in [4.69, 9.17) is 33.0 Å². The Bertz CT molecular complexity index is 1030. The largest absolute Gasteiger partial charge is 0.484 e. The summed E-state index contributed by atoms with van der Waals surface area (Å²) in [6.07, 6.45) is 1.52. The standard InChI is InChI=1S/C19H15Cl2NO3S/c1-9-2-3-11-13(22-9)4-5-14(11)25-15-7-12(20)17-10(6-16(23)24)8-26-19(17)18(15)21/h2-3,7-8,14H,4-6H2,1H3,(H,23,24)/t14-/m1/s1. The zero-order valence-electron chi connectivity index (χ0n) is 13.9. The van der Waals surface area contributed by atoms with Crippen molar-refractivity contribution in [2.45, 2.75) is 32.3 Å². The molecular weight excluding hydrogens is 393 g/mol. The van der Waals surface area contributed by atoms with E-state index in [-0.39, 0.29) is 12.5 Å². The molecule has 4 rings (SSSR count). The van der Waals surface area contributed by atoms with Crippen LogP contribution >= 0.6 is 34.5 Å². The molecule has 0 fully saturated rings. The van der Waals surface area contributed by atoms with Crippen molar-refractivity contribution in [1.29, 1.82) is 0 Å². The van der Waals surface area contributed by atoms with E-state index in [1.54, 1.807) is 11.4 Å². The summed E-state index contributed by atoms with van der Waals surface area (Å²) in [5, 5.41) is 12.5. The van der Waals surface area contributed by atoms with Gasteiger partial charge in [-0.3, -0.25) is 9.78 Å². The summed E-state index contributed by atoms with van der Waals surface area (Å²) in [5.74, 6) is -0.381. The van der Waals surface area contributed by atoms with Crippen LogP contribution < -0.4 is 4.74 Å². The maximum atomic E-state index is 11.0. The third kappa shape index (κ3) is 3.04. The number of aliphatic carboxylic acids is 1. The molecule has 1 atom stereocenters. The number of hydrogen-bond acceptors (Lipinski definition) is 4. The Labute approximate surface area is 164 Å². The Kier molecular flexibility index (Phi) is 4.55. The molecule has 1 aromatic carbocycles. The monoisotopic (exact) mass is 407 g/mol. The number of carbonyl (C=O) groups is 1. The molecule has 0 bridgehead atoms. The molecule has 3 aromatic rings. The van der Waals surface area contributed by atoms with Crippen LogP contribution in [0.1, 0.15) is 35.0 Å². The molecule has 2 aromatic heterocycles. The van der Waals surface area contributed by atoms with Crippen molar-refractivity contribution < 1.29 is 14.6 Å². The molecule has 1 aliphatic rings. The van der Waals surface area contributed by atoms with Crippen LogP contribution in [0.15, 0.2) is 23.6 Å². The van der Waals surface area contributed by atoms with Crippen molar-refractivity contribution in [3.8, 4) is 5.75 Å². The Morgan fingerprint density at radius 2 is 2.23 bits per heavy atom. The first-order valence-electron chi connectivity index (χ1n) is 8.17. The van der Waals surface area contributed by atoms with Crippen LogP contribution in [0, 0.1) is 6.92 Å². The Morgan fingerprint density at radius 1 is 1.42 bits per heavy atom. The van der Waals surface area contributed by atoms with Gasteiger partial charge in [0.2, 0.25) is 0 Å². The van der Waals surface area contributed by atoms with E-state index < -0.39 is 5.97 Å². The van der Waals surface area contributed by atoms with E-state index in [0.717, 1.165) is 34.5 Å². The number of fused-ring (bicyclic) bond motifs is 2. The first kappa shape index (κ1) is 17.6. The van der Waals surface area contributed by atoms with Crippen molar-refractivity contribution in [2.24, 2.45) is 0 Å². The number of hydrogen-bond donors (Lipinski definition) is 1. The summed E-state index contributed by atoms with van der Waals surface area (Å²) in [4.78, 5) is 15.6. The second-order valence-corrected chi connectivity index (χ2v) is 8.00. The van der Waals surface area contributed by atoms with Gasteiger partial charge in [0.15, 0.2) is 0 Å². The van der Waals surface area contributed by atoms with Crippen LogP contribution in [0.25, 0.3) is 10.1 Å². The molecule has 0 unspecified atom stereocenters. The highest BCUT2D eigenvalue weighted by molar-refractivity contribution is 7.18. The van der Waals surface area contributed by atoms with Crippen LogP contribution in [0.3, 0.4) is 0 Å². The van der Waals surface area contributed by atoms with E-state index in [1.165, 1.54) is 11.3 Å². The van der Waals surface area contributed by atoms with Gasteiger partial charge in [-0.05, 0) is 36.8 Å². The van der Waals surface area contributed by atoms with Crippen molar-refractivity contribution in [3.05, 3.63) is 56.1 Å². The summed E-state index contributed by atoms with van der Waals surface area (Å²) < 4.78 is 6.94. The number of nitrogens with zero attached hydrogens (tertiary/aromatic N) is 1. The lowest BCUT2D eigenvalue weighted by molar-refractivity contribution is -0.136. The number of aryl methyl sites for hydroxylation is 2. The molecule has 134 valence electrons. The number of thiophene rings is 1. The van der Waals surface area contributed by atoms with E-state index in [0.29, 0.717) is 26.7 Å². The highest BCUT2D eigenvalue weighted by Crippen LogP contribution is 2.45. The molecule has 0 radical (unpaired) electrons. The number of carboxylic acids is 1. The molecule has 26 heavy (non-hydrogen) atoms. The van der Waals surface area contributed by atoms with E-state index in [2.05, 4.69) is 11.1 Å². The third-order valence-electron chi connectivity index (χ3n) is 4.53. The fraction of sp³-hybridized carbons (Fsp3) is 0.263. The fourth-order valence-electron chi connectivity index (χ4n) is 3.37. The summed E-state index contributed by atoms with van der Waals surface area (Å²) in [6, 6.07) is 5.72. The number of benzene rings is 1. The van der Waals surface area contributed by atoms with Crippen LogP contribution in [0.5, 0.6) is 5.75 Å². The molecule has 0 aliphatic heterocycles. The van der Waals surface area contributed by atoms with Gasteiger partial charge in [-0.25, -0.2) is 0 Å². The van der Waals surface area contributed by atoms with Gasteiger partial charge >= 0.3 is 5.97 Å². The number of carboxylic acid groups (broad SMARTS) is 1. The number of aromatic nitrogens is 1. The average molecular weight is 408 g/mol. The fourth-order valence-corrected chi connectivity index (χ4v) is 5.09. The summed E-state index contributed by atoms with van der Waals surface area (Å²) in [5.41, 5.74) is 3.82. The Balaban J connectivity index is 1.71. The smallest absolute Gasteiger partial charge is 0.307 e. The van der Waals surface area contributed by atoms with Crippen LogP contribution in [0.2, 0.25) is 10.0 Å². The van der Waals surface area contributed by atoms with Crippen LogP contribution in [-0.2, 0) is 17.6 Å². The van der Waals surface area contributed by atoms with Gasteiger partial charge in [0.25, 0.3) is 0 Å². The maximum Gasteiger partial charge on any atom is 0.307 e. The maximum absolute atomic E-state index is 11.0. The normalized spacial score (nSPS) is 16.0. The van der Waals surface area contributed by atoms with Gasteiger partial charge in [0, 0.05) is 28.4 Å². The molecule has 0 saturated carbocycles. The van der Waals surface area contributed by atoms with Crippen molar-refractivity contribution >= 4 is 50.6 Å². The quantitative estimate of drug-likeness (QED) is 0.610. The van der Waals surface area contributed by atoms with Crippen LogP contribution in [-0.4, -0.2) is 16.1 Å². The first-order chi connectivity index (χ1) is 12.4. The molecular formula is C19H15Cl2NO3S. The van der Waals surface area contributed by atoms with Gasteiger partial charge in [-0.1, -0.05) is 29.3 Å². The van der Waals surface area contributed by atoms with Gasteiger partial charge in [0.05, 0.1) is 16.1 Å². The average Bonchev–Trinajstić information content (AvgIpc) is 3.16. The SMILES string of the molecule is Cc1ccc2c(n1)CC[C@H]2Oc1cc(Cl)c2c(CC(=O)O)csc2c1Cl. The minimum Gasteiger partial charge on any atom is -0.484 e. The molecule has 0 saturated heterocycles. The van der Waals surface area contributed by atoms with Crippen molar-refractivity contribution in [1.82, 2.24) is 4.98 Å². The zero-order valence-corrected chi connectivity index (χ0v) is 16.2. The Morgan fingerprint density at radius 3 is 3.00 bits per heavy atom. The highest BCUT2D eigenvalue weighted by atomic mass is 35.5. The molecule has 7 heteroatoms. The lowest BCUT2D eigenvalue weighted by atomic mass is 10.1. The predicted molar refractivity (Wildman–Crippen MR) is 104 cm³/mol. The van der Waals surface area contributed by atoms with Gasteiger partial charge in [0.1, 0.15) is 16.9 Å². The lowest BCUT2D eigenvalue weighted by Crippen LogP contribution is -2.04. The topological polar surface area (TPSA) is 59.4 Å². The van der Waals surface area contributed by atoms with Crippen molar-refractivity contribution in [3.63, 3.8) is 0 Å². The predicted octanol–water partition coefficient (Wildman–Crippen LogP) is 5.60. The van der Waals surface area contributed by atoms with E-state index in [9.17, 15) is 4.79 Å². The zero-order chi connectivity index (χ0) is 18.4. The molecule has 0 amide bonds. The second kappa shape index (κ2) is 6.72. The van der Waals surface area contributed by atoms with Crippen LogP contribution in [0.4, 0.5) is 0 Å². The Hall–Kier alpha value is -1.82. The van der Waals surface area contributed by atoms with Gasteiger partial charge < -0.3 is 9.84 Å². The molecule has 4 nitrogen and oxygen atoms in total. The minimum atomic E-state index is -0.900. The first-order valence-corrected chi connectivity index (χ1v) is 9.80. The second-order valence-electron chi connectivity index (χ2n) is 6.34. The summed E-state index contributed by atoms with van der Waals surface area (Å²) in [6.45, 7) is 1.98. The van der Waals surface area contributed by atoms with Gasteiger partial charge in [-0.15, -0.1) is 11.3 Å². The number of ether oxygens (including phenoxy) is 1. The number of rotatable bonds is 4. The van der Waals surface area contributed by atoms with Gasteiger partial charge in [-0.2, -0.15) is 0 Å². The molecule has 0 spiro atoms.